The predicted molar refractivity (Wildman–Crippen MR) is 146 cm³/mol. The molecule has 204 valence electrons. The van der Waals surface area contributed by atoms with Gasteiger partial charge >= 0.3 is 0 Å². The molecule has 12 heteroatoms. The third kappa shape index (κ3) is 4.10. The Balaban J connectivity index is 1.76. The number of nitrogens with zero attached hydrogens (tertiary/aromatic N) is 4. The number of nitro groups is 2. The second-order valence-corrected chi connectivity index (χ2v) is 10.1. The molecule has 1 saturated carbocycles. The van der Waals surface area contributed by atoms with E-state index in [9.17, 15) is 29.8 Å². The van der Waals surface area contributed by atoms with E-state index in [0.29, 0.717) is 22.0 Å². The molecule has 1 amide bonds. The van der Waals surface area contributed by atoms with Gasteiger partial charge in [-0.25, -0.2) is 0 Å². The number of rotatable bonds is 6. The van der Waals surface area contributed by atoms with E-state index in [4.69, 9.17) is 16.3 Å². The van der Waals surface area contributed by atoms with Crippen LogP contribution in [0.3, 0.4) is 0 Å². The van der Waals surface area contributed by atoms with E-state index < -0.39 is 44.8 Å². The van der Waals surface area contributed by atoms with E-state index in [-0.39, 0.29) is 23.4 Å². The lowest BCUT2D eigenvalue weighted by Crippen LogP contribution is -2.59. The number of ketones is 1. The van der Waals surface area contributed by atoms with E-state index in [1.165, 1.54) is 38.3 Å². The van der Waals surface area contributed by atoms with Gasteiger partial charge in [0.05, 0.1) is 35.3 Å². The van der Waals surface area contributed by atoms with Crippen molar-refractivity contribution in [2.45, 2.75) is 31.2 Å². The van der Waals surface area contributed by atoms with Gasteiger partial charge in [0.1, 0.15) is 5.75 Å². The summed E-state index contributed by atoms with van der Waals surface area (Å²) in [6, 6.07) is 16.6. The molecule has 1 aliphatic heterocycles. The molecule has 3 aromatic carbocycles. The monoisotopic (exact) mass is 562 g/mol. The van der Waals surface area contributed by atoms with Gasteiger partial charge < -0.3 is 4.74 Å². The first kappa shape index (κ1) is 26.9. The van der Waals surface area contributed by atoms with Crippen molar-refractivity contribution in [3.8, 4) is 5.75 Å². The number of hydrogen-bond acceptors (Lipinski definition) is 8. The molecule has 40 heavy (non-hydrogen) atoms. The van der Waals surface area contributed by atoms with Crippen LogP contribution < -0.4 is 9.75 Å². The fourth-order valence-corrected chi connectivity index (χ4v) is 6.12. The summed E-state index contributed by atoms with van der Waals surface area (Å²) in [5.41, 5.74) is -1.45. The Bertz CT molecular complexity index is 1570. The first-order valence-corrected chi connectivity index (χ1v) is 12.7. The van der Waals surface area contributed by atoms with E-state index in [0.717, 1.165) is 5.01 Å². The van der Waals surface area contributed by atoms with Crippen molar-refractivity contribution < 1.29 is 24.2 Å². The number of Topliss-reactive ketones (excluding diaryl/α,β-unsaturated/α-hetero) is 1. The molecular weight excluding hydrogens is 540 g/mol. The molecule has 3 aromatic rings. The number of amides is 1. The van der Waals surface area contributed by atoms with Crippen LogP contribution in [-0.4, -0.2) is 40.4 Å². The summed E-state index contributed by atoms with van der Waals surface area (Å²) in [7, 11) is 1.42. The number of carbonyl (C=O) groups excluding carboxylic acids is 2. The molecular formula is C28H23ClN4O7. The number of nitro benzene ring substituents is 1. The zero-order chi connectivity index (χ0) is 28.8. The number of hydrazone groups is 1. The molecule has 5 rings (SSSR count). The van der Waals surface area contributed by atoms with Gasteiger partial charge in [-0.05, 0) is 42.8 Å². The van der Waals surface area contributed by atoms with Gasteiger partial charge in [0, 0.05) is 34.1 Å². The third-order valence-electron chi connectivity index (χ3n) is 7.71. The second kappa shape index (κ2) is 10.2. The SMILES string of the molecule is COc1ccccc1[C@@H]1CC(=O)[C@@]2(C(=O)N(c3ccc(Cl)cc3)N=C2C)[C@@H](c2cccc([N+](=O)[O-])c2)[C@@H]1[N+](=O)[O-]. The summed E-state index contributed by atoms with van der Waals surface area (Å²) < 4.78 is 5.46. The van der Waals surface area contributed by atoms with Gasteiger partial charge in [0.15, 0.2) is 11.2 Å². The van der Waals surface area contributed by atoms with E-state index in [1.54, 1.807) is 48.5 Å². The fraction of sp³-hybridized carbons (Fsp3) is 0.250. The number of para-hydroxylation sites is 1. The second-order valence-electron chi connectivity index (χ2n) is 9.67. The summed E-state index contributed by atoms with van der Waals surface area (Å²) in [4.78, 5) is 52.0. The summed E-state index contributed by atoms with van der Waals surface area (Å²) >= 11 is 6.01. The molecule has 0 saturated heterocycles. The van der Waals surface area contributed by atoms with E-state index in [1.807, 2.05) is 0 Å². The average molecular weight is 563 g/mol. The zero-order valence-corrected chi connectivity index (χ0v) is 22.1. The van der Waals surface area contributed by atoms with Crippen molar-refractivity contribution in [1.82, 2.24) is 0 Å². The molecule has 0 bridgehead atoms. The third-order valence-corrected chi connectivity index (χ3v) is 7.96. The number of ether oxygens (including phenoxy) is 1. The number of non-ortho nitro benzene ring substituents is 1. The van der Waals surface area contributed by atoms with Gasteiger partial charge in [-0.3, -0.25) is 29.8 Å². The smallest absolute Gasteiger partial charge is 0.269 e. The standard InChI is InChI=1S/C28H23ClN4O7/c1-16-28(27(35)31(30-16)19-12-10-18(29)11-13-19)24(34)15-22(21-8-3-4-9-23(21)40-2)26(33(38)39)25(28)17-6-5-7-20(14-17)32(36)37/h3-14,22,25-26H,15H2,1-2H3/t22-,25-,26+,28+/m0/s1. The van der Waals surface area contributed by atoms with Crippen molar-refractivity contribution in [1.29, 1.82) is 0 Å². The highest BCUT2D eigenvalue weighted by Crippen LogP contribution is 2.56. The Morgan fingerprint density at radius 2 is 1.73 bits per heavy atom. The zero-order valence-electron chi connectivity index (χ0n) is 21.4. The maximum atomic E-state index is 14.3. The predicted octanol–water partition coefficient (Wildman–Crippen LogP) is 5.15. The number of carbonyl (C=O) groups is 2. The topological polar surface area (TPSA) is 145 Å². The van der Waals surface area contributed by atoms with Gasteiger partial charge in [-0.2, -0.15) is 10.1 Å². The number of anilines is 1. The molecule has 0 aromatic heterocycles. The molecule has 11 nitrogen and oxygen atoms in total. The minimum Gasteiger partial charge on any atom is -0.496 e. The Morgan fingerprint density at radius 3 is 2.38 bits per heavy atom. The fourth-order valence-electron chi connectivity index (χ4n) is 5.99. The van der Waals surface area contributed by atoms with Crippen LogP contribution in [0.5, 0.6) is 5.75 Å². The normalized spacial score (nSPS) is 24.2. The number of hydrogen-bond donors (Lipinski definition) is 0. The minimum atomic E-state index is -2.06. The van der Waals surface area contributed by atoms with Crippen LogP contribution in [0.25, 0.3) is 0 Å². The Labute approximate surface area is 233 Å². The Morgan fingerprint density at radius 1 is 1.02 bits per heavy atom. The molecule has 1 aliphatic carbocycles. The Kier molecular flexibility index (Phi) is 6.84. The molecule has 2 aliphatic rings. The van der Waals surface area contributed by atoms with Crippen molar-refractivity contribution in [2.24, 2.45) is 10.5 Å². The Hall–Kier alpha value is -4.64. The van der Waals surface area contributed by atoms with Crippen molar-refractivity contribution in [2.75, 3.05) is 12.1 Å². The molecule has 0 N–H and O–H groups in total. The van der Waals surface area contributed by atoms with Crippen molar-refractivity contribution >= 4 is 40.4 Å². The number of halogens is 1. The first-order valence-electron chi connectivity index (χ1n) is 12.3. The van der Waals surface area contributed by atoms with Crippen molar-refractivity contribution in [3.63, 3.8) is 0 Å². The van der Waals surface area contributed by atoms with Crippen LogP contribution in [0.15, 0.2) is 77.9 Å². The lowest BCUT2D eigenvalue weighted by molar-refractivity contribution is -0.534. The number of benzene rings is 3. The largest absolute Gasteiger partial charge is 0.496 e. The van der Waals surface area contributed by atoms with Gasteiger partial charge in [-0.1, -0.05) is 41.9 Å². The molecule has 0 radical (unpaired) electrons. The lowest BCUT2D eigenvalue weighted by atomic mass is 9.55. The minimum absolute atomic E-state index is 0.0688. The summed E-state index contributed by atoms with van der Waals surface area (Å²) in [6.07, 6.45) is -0.343. The highest BCUT2D eigenvalue weighted by molar-refractivity contribution is 6.33. The van der Waals surface area contributed by atoms with E-state index >= 15 is 0 Å². The van der Waals surface area contributed by atoms with Crippen LogP contribution in [0.2, 0.25) is 5.02 Å². The lowest BCUT2D eigenvalue weighted by Gasteiger charge is -2.43. The van der Waals surface area contributed by atoms with Crippen LogP contribution in [-0.2, 0) is 9.59 Å². The molecule has 4 atom stereocenters. The van der Waals surface area contributed by atoms with Crippen LogP contribution in [0.4, 0.5) is 11.4 Å². The van der Waals surface area contributed by atoms with E-state index in [2.05, 4.69) is 5.10 Å². The van der Waals surface area contributed by atoms with Crippen molar-refractivity contribution in [3.05, 3.63) is 109 Å². The molecule has 0 unspecified atom stereocenters. The summed E-state index contributed by atoms with van der Waals surface area (Å²) in [5, 5.41) is 30.5. The summed E-state index contributed by atoms with van der Waals surface area (Å²) in [6.45, 7) is 1.48. The average Bonchev–Trinajstić information content (AvgIpc) is 3.20. The van der Waals surface area contributed by atoms with Crippen LogP contribution >= 0.6 is 11.6 Å². The summed E-state index contributed by atoms with van der Waals surface area (Å²) in [5.74, 6) is -3.38. The quantitative estimate of drug-likeness (QED) is 0.229. The molecule has 1 spiro atoms. The van der Waals surface area contributed by atoms with Gasteiger partial charge in [0.25, 0.3) is 11.6 Å². The van der Waals surface area contributed by atoms with Gasteiger partial charge in [-0.15, -0.1) is 0 Å². The maximum absolute atomic E-state index is 14.3. The van der Waals surface area contributed by atoms with Gasteiger partial charge in [0.2, 0.25) is 6.04 Å². The molecule has 1 heterocycles. The van der Waals surface area contributed by atoms with Crippen LogP contribution in [0, 0.1) is 25.6 Å². The molecule has 1 fully saturated rings. The maximum Gasteiger partial charge on any atom is 0.269 e. The highest BCUT2D eigenvalue weighted by atomic mass is 35.5. The first-order chi connectivity index (χ1) is 19.1. The van der Waals surface area contributed by atoms with Crippen LogP contribution in [0.1, 0.15) is 36.3 Å². The number of methoxy groups -OCH3 is 1. The highest BCUT2D eigenvalue weighted by Gasteiger charge is 2.69.